The number of aromatic nitrogens is 2. The Bertz CT molecular complexity index is 683. The Morgan fingerprint density at radius 1 is 1.19 bits per heavy atom. The number of carbonyl (C=O) groups excluding carboxylic acids is 1. The summed E-state index contributed by atoms with van der Waals surface area (Å²) in [5.41, 5.74) is 1.26. The maximum Gasteiger partial charge on any atom is 0.303 e. The van der Waals surface area contributed by atoms with E-state index >= 15 is 0 Å². The molecule has 0 aliphatic carbocycles. The number of nitrogens with zero attached hydrogens (tertiary/aromatic N) is 2. The van der Waals surface area contributed by atoms with Crippen molar-refractivity contribution in [3.8, 4) is 0 Å². The molecule has 0 aliphatic rings. The third-order valence-electron chi connectivity index (χ3n) is 3.15. The van der Waals surface area contributed by atoms with Crippen LogP contribution in [0.4, 0.5) is 0 Å². The van der Waals surface area contributed by atoms with Crippen molar-refractivity contribution in [1.29, 1.82) is 0 Å². The SMILES string of the molecule is CC(C)(CCC(=O)O)NC(=O)c1ccc2nccnc2c1. The van der Waals surface area contributed by atoms with Crippen LogP contribution in [0.25, 0.3) is 11.0 Å². The van der Waals surface area contributed by atoms with Crippen LogP contribution in [0.2, 0.25) is 0 Å². The highest BCUT2D eigenvalue weighted by molar-refractivity contribution is 5.97. The van der Waals surface area contributed by atoms with Gasteiger partial charge in [-0.05, 0) is 38.5 Å². The summed E-state index contributed by atoms with van der Waals surface area (Å²) in [7, 11) is 0. The van der Waals surface area contributed by atoms with Crippen molar-refractivity contribution in [3.63, 3.8) is 0 Å². The van der Waals surface area contributed by atoms with Gasteiger partial charge in [0.25, 0.3) is 5.91 Å². The molecule has 21 heavy (non-hydrogen) atoms. The van der Waals surface area contributed by atoms with Gasteiger partial charge in [0.1, 0.15) is 0 Å². The van der Waals surface area contributed by atoms with Gasteiger partial charge in [-0.1, -0.05) is 0 Å². The first kappa shape index (κ1) is 14.9. The highest BCUT2D eigenvalue weighted by Gasteiger charge is 2.22. The first-order valence-corrected chi connectivity index (χ1v) is 6.62. The van der Waals surface area contributed by atoms with Gasteiger partial charge in [-0.15, -0.1) is 0 Å². The Morgan fingerprint density at radius 2 is 1.86 bits per heavy atom. The van der Waals surface area contributed by atoms with Crippen molar-refractivity contribution >= 4 is 22.9 Å². The smallest absolute Gasteiger partial charge is 0.303 e. The lowest BCUT2D eigenvalue weighted by atomic mass is 9.97. The molecule has 6 heteroatoms. The average Bonchev–Trinajstić information content (AvgIpc) is 2.44. The van der Waals surface area contributed by atoms with Crippen LogP contribution < -0.4 is 5.32 Å². The molecular formula is C15H17N3O3. The molecule has 0 spiro atoms. The second-order valence-electron chi connectivity index (χ2n) is 5.49. The summed E-state index contributed by atoms with van der Waals surface area (Å²) in [6.07, 6.45) is 3.54. The zero-order valence-electron chi connectivity index (χ0n) is 12.0. The van der Waals surface area contributed by atoms with Gasteiger partial charge < -0.3 is 10.4 Å². The van der Waals surface area contributed by atoms with Crippen molar-refractivity contribution in [3.05, 3.63) is 36.2 Å². The number of amides is 1. The number of carboxylic acid groups (broad SMARTS) is 1. The first-order valence-electron chi connectivity index (χ1n) is 6.62. The summed E-state index contributed by atoms with van der Waals surface area (Å²) in [4.78, 5) is 31.2. The average molecular weight is 287 g/mol. The topological polar surface area (TPSA) is 92.2 Å². The summed E-state index contributed by atoms with van der Waals surface area (Å²) in [6.45, 7) is 3.60. The van der Waals surface area contributed by atoms with Gasteiger partial charge in [0.15, 0.2) is 0 Å². The molecule has 2 aromatic rings. The summed E-state index contributed by atoms with van der Waals surface area (Å²) >= 11 is 0. The maximum atomic E-state index is 12.2. The van der Waals surface area contributed by atoms with Crippen molar-refractivity contribution in [2.24, 2.45) is 0 Å². The molecule has 1 aromatic heterocycles. The number of fused-ring (bicyclic) bond motifs is 1. The lowest BCUT2D eigenvalue weighted by molar-refractivity contribution is -0.137. The molecule has 1 aromatic carbocycles. The van der Waals surface area contributed by atoms with E-state index in [1.165, 1.54) is 0 Å². The lowest BCUT2D eigenvalue weighted by Crippen LogP contribution is -2.43. The van der Waals surface area contributed by atoms with Crippen LogP contribution in [0.1, 0.15) is 37.0 Å². The quantitative estimate of drug-likeness (QED) is 0.877. The van der Waals surface area contributed by atoms with E-state index in [0.29, 0.717) is 17.5 Å². The van der Waals surface area contributed by atoms with E-state index in [1.807, 2.05) is 0 Å². The van der Waals surface area contributed by atoms with E-state index in [4.69, 9.17) is 5.11 Å². The third-order valence-corrected chi connectivity index (χ3v) is 3.15. The molecule has 0 aliphatic heterocycles. The predicted octanol–water partition coefficient (Wildman–Crippen LogP) is 2.00. The summed E-state index contributed by atoms with van der Waals surface area (Å²) < 4.78 is 0. The third kappa shape index (κ3) is 3.98. The fourth-order valence-electron chi connectivity index (χ4n) is 1.97. The Morgan fingerprint density at radius 3 is 2.52 bits per heavy atom. The second-order valence-corrected chi connectivity index (χ2v) is 5.49. The van der Waals surface area contributed by atoms with Crippen LogP contribution in [0, 0.1) is 0 Å². The molecule has 0 atom stereocenters. The molecule has 1 amide bonds. The largest absolute Gasteiger partial charge is 0.481 e. The minimum absolute atomic E-state index is 0.0104. The molecule has 0 fully saturated rings. The molecule has 0 saturated heterocycles. The fraction of sp³-hybridized carbons (Fsp3) is 0.333. The number of hydrogen-bond donors (Lipinski definition) is 2. The van der Waals surface area contributed by atoms with Gasteiger partial charge in [-0.3, -0.25) is 19.6 Å². The molecule has 0 unspecified atom stereocenters. The molecule has 0 saturated carbocycles. The minimum atomic E-state index is -0.877. The first-order chi connectivity index (χ1) is 9.87. The highest BCUT2D eigenvalue weighted by Crippen LogP contribution is 2.15. The fourth-order valence-corrected chi connectivity index (χ4v) is 1.97. The van der Waals surface area contributed by atoms with Crippen molar-refractivity contribution in [2.45, 2.75) is 32.2 Å². The van der Waals surface area contributed by atoms with Gasteiger partial charge in [0.05, 0.1) is 11.0 Å². The summed E-state index contributed by atoms with van der Waals surface area (Å²) in [6, 6.07) is 5.09. The van der Waals surface area contributed by atoms with Gasteiger partial charge in [0.2, 0.25) is 0 Å². The molecule has 110 valence electrons. The number of hydrogen-bond acceptors (Lipinski definition) is 4. The van der Waals surface area contributed by atoms with Gasteiger partial charge >= 0.3 is 5.97 Å². The lowest BCUT2D eigenvalue weighted by Gasteiger charge is -2.25. The number of rotatable bonds is 5. The zero-order valence-corrected chi connectivity index (χ0v) is 12.0. The van der Waals surface area contributed by atoms with Crippen LogP contribution >= 0.6 is 0 Å². The van der Waals surface area contributed by atoms with Crippen LogP contribution in [0.15, 0.2) is 30.6 Å². The Hall–Kier alpha value is -2.50. The predicted molar refractivity (Wildman–Crippen MR) is 78.0 cm³/mol. The number of carboxylic acids is 1. The molecule has 2 N–H and O–H groups in total. The molecule has 0 bridgehead atoms. The van der Waals surface area contributed by atoms with Crippen molar-refractivity contribution in [2.75, 3.05) is 0 Å². The Balaban J connectivity index is 2.12. The normalized spacial score (nSPS) is 11.3. The highest BCUT2D eigenvalue weighted by atomic mass is 16.4. The van der Waals surface area contributed by atoms with E-state index in [2.05, 4.69) is 15.3 Å². The maximum absolute atomic E-state index is 12.2. The van der Waals surface area contributed by atoms with Crippen LogP contribution in [-0.2, 0) is 4.79 Å². The summed E-state index contributed by atoms with van der Waals surface area (Å²) in [5, 5.41) is 11.6. The standard InChI is InChI=1S/C15H17N3O3/c1-15(2,6-5-13(19)20)18-14(21)10-3-4-11-12(9-10)17-8-7-16-11/h3-4,7-9H,5-6H2,1-2H3,(H,18,21)(H,19,20). The molecule has 2 rings (SSSR count). The van der Waals surface area contributed by atoms with E-state index < -0.39 is 11.5 Å². The van der Waals surface area contributed by atoms with Gasteiger partial charge in [0, 0.05) is 29.9 Å². The zero-order chi connectivity index (χ0) is 15.5. The van der Waals surface area contributed by atoms with E-state index in [1.54, 1.807) is 44.4 Å². The molecular weight excluding hydrogens is 270 g/mol. The van der Waals surface area contributed by atoms with Crippen LogP contribution in [0.3, 0.4) is 0 Å². The van der Waals surface area contributed by atoms with Crippen molar-refractivity contribution in [1.82, 2.24) is 15.3 Å². The van der Waals surface area contributed by atoms with E-state index in [-0.39, 0.29) is 12.3 Å². The number of nitrogens with one attached hydrogen (secondary N) is 1. The molecule has 0 radical (unpaired) electrons. The number of aliphatic carboxylic acids is 1. The number of benzene rings is 1. The van der Waals surface area contributed by atoms with Crippen LogP contribution in [-0.4, -0.2) is 32.5 Å². The monoisotopic (exact) mass is 287 g/mol. The van der Waals surface area contributed by atoms with Crippen molar-refractivity contribution < 1.29 is 14.7 Å². The molecule has 1 heterocycles. The minimum Gasteiger partial charge on any atom is -0.481 e. The Labute approximate surface area is 122 Å². The number of carbonyl (C=O) groups is 2. The Kier molecular flexibility index (Phi) is 4.16. The summed E-state index contributed by atoms with van der Waals surface area (Å²) in [5.74, 6) is -1.13. The van der Waals surface area contributed by atoms with Crippen LogP contribution in [0.5, 0.6) is 0 Å². The molecule has 6 nitrogen and oxygen atoms in total. The van der Waals surface area contributed by atoms with Gasteiger partial charge in [-0.25, -0.2) is 0 Å². The second kappa shape index (κ2) is 5.87. The van der Waals surface area contributed by atoms with E-state index in [9.17, 15) is 9.59 Å². The van der Waals surface area contributed by atoms with E-state index in [0.717, 1.165) is 5.52 Å². The van der Waals surface area contributed by atoms with Gasteiger partial charge in [-0.2, -0.15) is 0 Å².